The van der Waals surface area contributed by atoms with E-state index in [-0.39, 0.29) is 5.91 Å². The maximum atomic E-state index is 12.6. The van der Waals surface area contributed by atoms with Gasteiger partial charge in [0.25, 0.3) is 0 Å². The molecule has 1 amide bonds. The van der Waals surface area contributed by atoms with Crippen molar-refractivity contribution in [3.63, 3.8) is 0 Å². The number of nitrogens with zero attached hydrogens (tertiary/aromatic N) is 3. The highest BCUT2D eigenvalue weighted by molar-refractivity contribution is 6.31. The first-order valence-electron chi connectivity index (χ1n) is 9.78. The van der Waals surface area contributed by atoms with Crippen molar-refractivity contribution in [2.24, 2.45) is 0 Å². The molecule has 0 saturated carbocycles. The van der Waals surface area contributed by atoms with Crippen LogP contribution in [0.3, 0.4) is 0 Å². The Morgan fingerprint density at radius 1 is 1.21 bits per heavy atom. The number of rotatable bonds is 6. The van der Waals surface area contributed by atoms with Gasteiger partial charge >= 0.3 is 0 Å². The molecule has 4 rings (SSSR count). The molecule has 5 nitrogen and oxygen atoms in total. The zero-order valence-electron chi connectivity index (χ0n) is 16.0. The number of benzene rings is 1. The Balaban J connectivity index is 1.72. The number of hydrogen-bond acceptors (Lipinski definition) is 4. The predicted octanol–water partition coefficient (Wildman–Crippen LogP) is 5.02. The molecule has 0 aliphatic carbocycles. The number of furan rings is 1. The van der Waals surface area contributed by atoms with Gasteiger partial charge in [-0.15, -0.1) is 0 Å². The van der Waals surface area contributed by atoms with Crippen molar-refractivity contribution in [3.05, 3.63) is 59.0 Å². The number of carbonyl (C=O) groups is 1. The predicted molar refractivity (Wildman–Crippen MR) is 111 cm³/mol. The van der Waals surface area contributed by atoms with Gasteiger partial charge in [0.05, 0.1) is 18.3 Å². The van der Waals surface area contributed by atoms with E-state index in [0.29, 0.717) is 24.5 Å². The van der Waals surface area contributed by atoms with Crippen LogP contribution in [-0.4, -0.2) is 28.9 Å². The third kappa shape index (κ3) is 3.99. The number of halogens is 1. The molecule has 3 aromatic rings. The molecular formula is C22H24ClN3O2. The van der Waals surface area contributed by atoms with Crippen molar-refractivity contribution in [3.8, 4) is 0 Å². The highest BCUT2D eigenvalue weighted by Crippen LogP contribution is 2.29. The topological polar surface area (TPSA) is 49.6 Å². The first kappa shape index (κ1) is 18.8. The van der Waals surface area contributed by atoms with Gasteiger partial charge < -0.3 is 14.2 Å². The van der Waals surface area contributed by atoms with Gasteiger partial charge in [0.1, 0.15) is 11.6 Å². The van der Waals surface area contributed by atoms with Crippen molar-refractivity contribution in [1.29, 1.82) is 0 Å². The number of pyridine rings is 1. The molecule has 146 valence electrons. The number of amides is 1. The Kier molecular flexibility index (Phi) is 5.53. The quantitative estimate of drug-likeness (QED) is 0.586. The summed E-state index contributed by atoms with van der Waals surface area (Å²) in [5, 5.41) is 1.71. The van der Waals surface area contributed by atoms with Crippen molar-refractivity contribution < 1.29 is 9.21 Å². The number of aromatic nitrogens is 1. The van der Waals surface area contributed by atoms with Crippen LogP contribution in [-0.2, 0) is 17.9 Å². The Labute approximate surface area is 169 Å². The number of fused-ring (bicyclic) bond motifs is 1. The van der Waals surface area contributed by atoms with E-state index in [1.807, 2.05) is 42.2 Å². The van der Waals surface area contributed by atoms with Crippen molar-refractivity contribution in [2.45, 2.75) is 39.3 Å². The zero-order chi connectivity index (χ0) is 19.5. The second kappa shape index (κ2) is 8.23. The molecule has 1 aromatic carbocycles. The monoisotopic (exact) mass is 397 g/mol. The molecule has 28 heavy (non-hydrogen) atoms. The summed E-state index contributed by atoms with van der Waals surface area (Å²) in [6.07, 6.45) is 4.43. The Bertz CT molecular complexity index is 965. The maximum Gasteiger partial charge on any atom is 0.222 e. The van der Waals surface area contributed by atoms with Crippen molar-refractivity contribution >= 4 is 34.2 Å². The highest BCUT2D eigenvalue weighted by atomic mass is 35.5. The van der Waals surface area contributed by atoms with Crippen LogP contribution in [0.2, 0.25) is 5.02 Å². The second-order valence-corrected chi connectivity index (χ2v) is 7.62. The summed E-state index contributed by atoms with van der Waals surface area (Å²) in [6, 6.07) is 11.7. The van der Waals surface area contributed by atoms with Crippen LogP contribution in [0.1, 0.15) is 37.5 Å². The Morgan fingerprint density at radius 2 is 2.04 bits per heavy atom. The SMILES string of the molecule is CCC(=O)N(Cc1ccco1)Cc1cc2ccc(Cl)cc2nc1N1CCCC1. The standard InChI is InChI=1S/C22H24ClN3O2/c1-2-21(27)26(15-19-6-5-11-28-19)14-17-12-16-7-8-18(23)13-20(16)24-22(17)25-9-3-4-10-25/h5-8,11-13H,2-4,9-10,14-15H2,1H3. The van der Waals surface area contributed by atoms with E-state index in [1.165, 1.54) is 12.8 Å². The lowest BCUT2D eigenvalue weighted by atomic mass is 10.1. The van der Waals surface area contributed by atoms with Crippen molar-refractivity contribution in [1.82, 2.24) is 9.88 Å². The molecule has 0 atom stereocenters. The van der Waals surface area contributed by atoms with E-state index in [1.54, 1.807) is 6.26 Å². The van der Waals surface area contributed by atoms with E-state index in [9.17, 15) is 4.79 Å². The summed E-state index contributed by atoms with van der Waals surface area (Å²) >= 11 is 6.18. The lowest BCUT2D eigenvalue weighted by molar-refractivity contribution is -0.132. The second-order valence-electron chi connectivity index (χ2n) is 7.18. The van der Waals surface area contributed by atoms with Crippen LogP contribution in [0.25, 0.3) is 10.9 Å². The molecule has 1 saturated heterocycles. The zero-order valence-corrected chi connectivity index (χ0v) is 16.8. The molecule has 0 bridgehead atoms. The molecule has 1 aliphatic rings. The molecule has 2 aromatic heterocycles. The van der Waals surface area contributed by atoms with Gasteiger partial charge in [-0.25, -0.2) is 4.98 Å². The molecule has 3 heterocycles. The van der Waals surface area contributed by atoms with Gasteiger partial charge in [-0.2, -0.15) is 0 Å². The molecule has 0 N–H and O–H groups in total. The van der Waals surface area contributed by atoms with Gasteiger partial charge in [-0.05, 0) is 43.2 Å². The largest absolute Gasteiger partial charge is 0.467 e. The first-order valence-corrected chi connectivity index (χ1v) is 10.2. The lowest BCUT2D eigenvalue weighted by Gasteiger charge is -2.26. The first-order chi connectivity index (χ1) is 13.6. The number of carbonyl (C=O) groups excluding carboxylic acids is 1. The molecule has 0 unspecified atom stereocenters. The van der Waals surface area contributed by atoms with Crippen LogP contribution < -0.4 is 4.90 Å². The number of anilines is 1. The van der Waals surface area contributed by atoms with Gasteiger partial charge in [0, 0.05) is 42.0 Å². The number of hydrogen-bond donors (Lipinski definition) is 0. The maximum absolute atomic E-state index is 12.6. The smallest absolute Gasteiger partial charge is 0.222 e. The van der Waals surface area contributed by atoms with E-state index < -0.39 is 0 Å². The molecule has 6 heteroatoms. The molecule has 1 aliphatic heterocycles. The van der Waals surface area contributed by atoms with Crippen LogP contribution in [0, 0.1) is 0 Å². The third-order valence-electron chi connectivity index (χ3n) is 5.18. The van der Waals surface area contributed by atoms with E-state index in [2.05, 4.69) is 11.0 Å². The van der Waals surface area contributed by atoms with Crippen molar-refractivity contribution in [2.75, 3.05) is 18.0 Å². The fourth-order valence-electron chi connectivity index (χ4n) is 3.75. The fraction of sp³-hybridized carbons (Fsp3) is 0.364. The normalized spacial score (nSPS) is 14.0. The molecule has 1 fully saturated rings. The fourth-order valence-corrected chi connectivity index (χ4v) is 3.91. The molecular weight excluding hydrogens is 374 g/mol. The average Bonchev–Trinajstić information content (AvgIpc) is 3.40. The summed E-state index contributed by atoms with van der Waals surface area (Å²) in [7, 11) is 0. The van der Waals surface area contributed by atoms with Gasteiger partial charge in [0.2, 0.25) is 5.91 Å². The van der Waals surface area contributed by atoms with E-state index in [4.69, 9.17) is 21.0 Å². The van der Waals surface area contributed by atoms with Crippen LogP contribution in [0.4, 0.5) is 5.82 Å². The summed E-state index contributed by atoms with van der Waals surface area (Å²) in [4.78, 5) is 21.7. The third-order valence-corrected chi connectivity index (χ3v) is 5.42. The van der Waals surface area contributed by atoms with Crippen LogP contribution in [0.5, 0.6) is 0 Å². The lowest BCUT2D eigenvalue weighted by Crippen LogP contribution is -2.31. The summed E-state index contributed by atoms with van der Waals surface area (Å²) in [5.41, 5.74) is 1.95. The van der Waals surface area contributed by atoms with Gasteiger partial charge in [-0.1, -0.05) is 24.6 Å². The van der Waals surface area contributed by atoms with E-state index in [0.717, 1.165) is 41.1 Å². The summed E-state index contributed by atoms with van der Waals surface area (Å²) in [6.45, 7) is 4.83. The summed E-state index contributed by atoms with van der Waals surface area (Å²) < 4.78 is 5.48. The van der Waals surface area contributed by atoms with Gasteiger partial charge in [-0.3, -0.25) is 4.79 Å². The minimum atomic E-state index is 0.0972. The minimum Gasteiger partial charge on any atom is -0.467 e. The Hall–Kier alpha value is -2.53. The Morgan fingerprint density at radius 3 is 2.75 bits per heavy atom. The summed E-state index contributed by atoms with van der Waals surface area (Å²) in [5.74, 6) is 1.84. The minimum absolute atomic E-state index is 0.0972. The van der Waals surface area contributed by atoms with Gasteiger partial charge in [0.15, 0.2) is 0 Å². The van der Waals surface area contributed by atoms with Crippen LogP contribution >= 0.6 is 11.6 Å². The average molecular weight is 398 g/mol. The molecule has 0 radical (unpaired) electrons. The highest BCUT2D eigenvalue weighted by Gasteiger charge is 2.22. The van der Waals surface area contributed by atoms with Crippen LogP contribution in [0.15, 0.2) is 47.1 Å². The van der Waals surface area contributed by atoms with E-state index >= 15 is 0 Å². The molecule has 0 spiro atoms.